The second kappa shape index (κ2) is 7.18. The van der Waals surface area contributed by atoms with Crippen molar-refractivity contribution >= 4 is 22.8 Å². The van der Waals surface area contributed by atoms with Gasteiger partial charge in [0.2, 0.25) is 0 Å². The van der Waals surface area contributed by atoms with E-state index in [-0.39, 0.29) is 0 Å². The summed E-state index contributed by atoms with van der Waals surface area (Å²) in [7, 11) is 1.76. The molecular weight excluding hydrogens is 272 g/mol. The summed E-state index contributed by atoms with van der Waals surface area (Å²) in [5.41, 5.74) is 0.969. The van der Waals surface area contributed by atoms with E-state index in [1.807, 2.05) is 0 Å². The fourth-order valence-electron chi connectivity index (χ4n) is 2.71. The van der Waals surface area contributed by atoms with E-state index in [9.17, 15) is 4.79 Å². The van der Waals surface area contributed by atoms with E-state index in [2.05, 4.69) is 18.7 Å². The second-order valence-electron chi connectivity index (χ2n) is 5.58. The first kappa shape index (κ1) is 15.4. The van der Waals surface area contributed by atoms with E-state index >= 15 is 0 Å². The minimum Gasteiger partial charge on any atom is -0.384 e. The molecule has 1 aliphatic heterocycles. The fraction of sp³-hybridized carbons (Fsp3) is 0.733. The molecule has 1 saturated heterocycles. The van der Waals surface area contributed by atoms with Crippen LogP contribution in [0.15, 0.2) is 0 Å². The van der Waals surface area contributed by atoms with Gasteiger partial charge in [0.05, 0.1) is 17.2 Å². The molecule has 1 aliphatic rings. The maximum Gasteiger partial charge on any atom is 0.186 e. The molecule has 2 rings (SSSR count). The van der Waals surface area contributed by atoms with Gasteiger partial charge in [0.1, 0.15) is 0 Å². The van der Waals surface area contributed by atoms with Crippen molar-refractivity contribution in [3.63, 3.8) is 0 Å². The molecule has 0 aliphatic carbocycles. The third kappa shape index (κ3) is 3.38. The van der Waals surface area contributed by atoms with Crippen molar-refractivity contribution in [3.8, 4) is 0 Å². The van der Waals surface area contributed by atoms with Crippen LogP contribution in [0, 0.1) is 5.92 Å². The highest BCUT2D eigenvalue weighted by molar-refractivity contribution is 7.17. The van der Waals surface area contributed by atoms with Crippen LogP contribution in [0.1, 0.15) is 54.4 Å². The average Bonchev–Trinajstić information content (AvgIpc) is 2.91. The molecule has 1 fully saturated rings. The summed E-state index contributed by atoms with van der Waals surface area (Å²) >= 11 is 1.54. The Morgan fingerprint density at radius 2 is 2.40 bits per heavy atom. The van der Waals surface area contributed by atoms with E-state index in [1.165, 1.54) is 24.2 Å². The van der Waals surface area contributed by atoms with Crippen LogP contribution in [0.5, 0.6) is 0 Å². The third-order valence-electron chi connectivity index (χ3n) is 4.05. The summed E-state index contributed by atoms with van der Waals surface area (Å²) in [6, 6.07) is 0. The Morgan fingerprint density at radius 3 is 3.05 bits per heavy atom. The molecule has 0 aromatic carbocycles. The molecule has 0 amide bonds. The molecular formula is C15H24N2O2S. The Balaban J connectivity index is 2.15. The van der Waals surface area contributed by atoms with Gasteiger partial charge in [-0.3, -0.25) is 4.79 Å². The lowest BCUT2D eigenvalue weighted by atomic mass is 9.99. The van der Waals surface area contributed by atoms with Crippen molar-refractivity contribution in [1.82, 2.24) is 4.98 Å². The number of nitrogens with zero attached hydrogens (tertiary/aromatic N) is 2. The summed E-state index contributed by atoms with van der Waals surface area (Å²) < 4.78 is 5.27. The summed E-state index contributed by atoms with van der Waals surface area (Å²) in [5, 5.41) is 1.00. The van der Waals surface area contributed by atoms with E-state index in [0.717, 1.165) is 48.1 Å². The number of methoxy groups -OCH3 is 1. The predicted molar refractivity (Wildman–Crippen MR) is 83.0 cm³/mol. The quantitative estimate of drug-likeness (QED) is 0.755. The van der Waals surface area contributed by atoms with Crippen LogP contribution >= 0.6 is 11.3 Å². The molecule has 2 heterocycles. The zero-order chi connectivity index (χ0) is 14.5. The number of anilines is 1. The van der Waals surface area contributed by atoms with Crippen LogP contribution in [0.2, 0.25) is 0 Å². The molecule has 1 aromatic heterocycles. The number of aromatic nitrogens is 1. The Labute approximate surface area is 125 Å². The van der Waals surface area contributed by atoms with Gasteiger partial charge >= 0.3 is 0 Å². The number of carbonyl (C=O) groups is 1. The molecule has 2 unspecified atom stereocenters. The van der Waals surface area contributed by atoms with Crippen LogP contribution in [0.4, 0.5) is 5.13 Å². The van der Waals surface area contributed by atoms with E-state index in [1.54, 1.807) is 7.11 Å². The van der Waals surface area contributed by atoms with Crippen molar-refractivity contribution in [2.24, 2.45) is 5.92 Å². The first-order chi connectivity index (χ1) is 9.69. The maximum atomic E-state index is 11.2. The van der Waals surface area contributed by atoms with Gasteiger partial charge in [-0.25, -0.2) is 4.98 Å². The zero-order valence-corrected chi connectivity index (χ0v) is 13.4. The molecule has 2 atom stereocenters. The minimum absolute atomic E-state index is 0.347. The maximum absolute atomic E-state index is 11.2. The lowest BCUT2D eigenvalue weighted by Crippen LogP contribution is -2.37. The number of rotatable bonds is 6. The number of carbonyl (C=O) groups excluding carboxylic acids is 1. The highest BCUT2D eigenvalue weighted by atomic mass is 32.1. The Morgan fingerprint density at radius 1 is 1.60 bits per heavy atom. The van der Waals surface area contributed by atoms with Crippen LogP contribution in [0.25, 0.3) is 0 Å². The number of ether oxygens (including phenoxy) is 1. The molecule has 1 aromatic rings. The van der Waals surface area contributed by atoms with E-state index in [4.69, 9.17) is 9.72 Å². The topological polar surface area (TPSA) is 42.4 Å². The van der Waals surface area contributed by atoms with E-state index in [0.29, 0.717) is 11.8 Å². The number of piperidine rings is 1. The molecule has 20 heavy (non-hydrogen) atoms. The highest BCUT2D eigenvalue weighted by Crippen LogP contribution is 2.33. The van der Waals surface area contributed by atoms with Crippen molar-refractivity contribution in [3.05, 3.63) is 10.6 Å². The smallest absolute Gasteiger partial charge is 0.186 e. The Hall–Kier alpha value is -0.940. The summed E-state index contributed by atoms with van der Waals surface area (Å²) in [6.07, 6.45) is 4.35. The van der Waals surface area contributed by atoms with Crippen LogP contribution < -0.4 is 4.90 Å². The van der Waals surface area contributed by atoms with Crippen LogP contribution in [0.3, 0.4) is 0 Å². The van der Waals surface area contributed by atoms with Gasteiger partial charge in [-0.1, -0.05) is 25.2 Å². The van der Waals surface area contributed by atoms with Gasteiger partial charge in [-0.15, -0.1) is 0 Å². The molecule has 0 radical (unpaired) electrons. The average molecular weight is 296 g/mol. The summed E-state index contributed by atoms with van der Waals surface area (Å²) in [6.45, 7) is 7.09. The number of aldehydes is 1. The lowest BCUT2D eigenvalue weighted by molar-refractivity contribution is 0.112. The lowest BCUT2D eigenvalue weighted by Gasteiger charge is -2.32. The number of hydrogen-bond donors (Lipinski definition) is 0. The van der Waals surface area contributed by atoms with Gasteiger partial charge < -0.3 is 9.64 Å². The first-order valence-corrected chi connectivity index (χ1v) is 8.21. The zero-order valence-electron chi connectivity index (χ0n) is 12.6. The second-order valence-corrected chi connectivity index (χ2v) is 6.59. The molecule has 0 saturated carbocycles. The highest BCUT2D eigenvalue weighted by Gasteiger charge is 2.24. The van der Waals surface area contributed by atoms with Gasteiger partial charge in [0.25, 0.3) is 0 Å². The van der Waals surface area contributed by atoms with Crippen LogP contribution in [-0.4, -0.2) is 38.1 Å². The Bertz CT molecular complexity index is 445. The van der Waals surface area contributed by atoms with Crippen molar-refractivity contribution in [2.75, 3.05) is 31.7 Å². The molecule has 0 bridgehead atoms. The fourth-order valence-corrected chi connectivity index (χ4v) is 3.74. The van der Waals surface area contributed by atoms with Gasteiger partial charge in [0.15, 0.2) is 11.4 Å². The summed E-state index contributed by atoms with van der Waals surface area (Å²) in [4.78, 5) is 19.1. The predicted octanol–water partition coefficient (Wildman–Crippen LogP) is 3.33. The molecule has 4 nitrogen and oxygen atoms in total. The van der Waals surface area contributed by atoms with Crippen molar-refractivity contribution in [2.45, 2.75) is 39.0 Å². The summed E-state index contributed by atoms with van der Waals surface area (Å²) in [5.74, 6) is 0.921. The molecule has 0 spiro atoms. The van der Waals surface area contributed by atoms with Gasteiger partial charge in [0, 0.05) is 20.2 Å². The number of hydrogen-bond acceptors (Lipinski definition) is 5. The normalized spacial score (nSPS) is 20.9. The van der Waals surface area contributed by atoms with Crippen molar-refractivity contribution in [1.29, 1.82) is 0 Å². The number of thiazole rings is 1. The van der Waals surface area contributed by atoms with Crippen LogP contribution in [-0.2, 0) is 4.74 Å². The van der Waals surface area contributed by atoms with Gasteiger partial charge in [-0.05, 0) is 31.1 Å². The molecule has 5 heteroatoms. The van der Waals surface area contributed by atoms with Crippen molar-refractivity contribution < 1.29 is 9.53 Å². The third-order valence-corrected chi connectivity index (χ3v) is 5.11. The van der Waals surface area contributed by atoms with Gasteiger partial charge in [-0.2, -0.15) is 0 Å². The molecule has 112 valence electrons. The molecule has 0 N–H and O–H groups in total. The van der Waals surface area contributed by atoms with E-state index < -0.39 is 0 Å². The minimum atomic E-state index is 0.347. The SMILES string of the molecule is CCC(C)c1nc(N2CCCC(COC)C2)sc1C=O. The largest absolute Gasteiger partial charge is 0.384 e. The Kier molecular flexibility index (Phi) is 5.54. The first-order valence-electron chi connectivity index (χ1n) is 7.39. The standard InChI is InChI=1S/C15H24N2O2S/c1-4-11(2)14-13(9-18)20-15(16-14)17-7-5-6-12(8-17)10-19-3/h9,11-12H,4-8,10H2,1-3H3. The monoisotopic (exact) mass is 296 g/mol.